The lowest BCUT2D eigenvalue weighted by Crippen LogP contribution is -2.17. The summed E-state index contributed by atoms with van der Waals surface area (Å²) in [7, 11) is 0. The van der Waals surface area contributed by atoms with Crippen LogP contribution in [0.3, 0.4) is 0 Å². The number of hydrogen-bond donors (Lipinski definition) is 0. The standard InChI is InChI=1S/C28H26O2/c1-4-30-28(29)27(22-10-8-9-20(3)17-22)26-18-25(21-15-13-19(2)14-16-21)23-11-6-5-7-12-24(23)26/h5-18,27H,4H2,1-3H3. The molecule has 2 aromatic carbocycles. The Balaban J connectivity index is 1.95. The molecule has 150 valence electrons. The summed E-state index contributed by atoms with van der Waals surface area (Å²) in [5.41, 5.74) is 8.80. The summed E-state index contributed by atoms with van der Waals surface area (Å²) in [6, 6.07) is 29.2. The molecule has 0 spiro atoms. The highest BCUT2D eigenvalue weighted by Gasteiger charge is 2.30. The molecule has 1 atom stereocenters. The lowest BCUT2D eigenvalue weighted by Gasteiger charge is -2.17. The van der Waals surface area contributed by atoms with Crippen LogP contribution in [0.15, 0.2) is 84.9 Å². The van der Waals surface area contributed by atoms with Crippen molar-refractivity contribution in [3.63, 3.8) is 0 Å². The summed E-state index contributed by atoms with van der Waals surface area (Å²) in [4.78, 5) is 13.1. The van der Waals surface area contributed by atoms with Crippen molar-refractivity contribution < 1.29 is 9.53 Å². The van der Waals surface area contributed by atoms with E-state index in [-0.39, 0.29) is 5.97 Å². The summed E-state index contributed by atoms with van der Waals surface area (Å²) in [6.07, 6.45) is 0. The molecular weight excluding hydrogens is 368 g/mol. The predicted octanol–water partition coefficient (Wildman–Crippen LogP) is 6.77. The lowest BCUT2D eigenvalue weighted by atomic mass is 9.89. The molecule has 0 saturated carbocycles. The van der Waals surface area contributed by atoms with Crippen LogP contribution in [0.5, 0.6) is 0 Å². The first-order chi connectivity index (χ1) is 14.6. The normalized spacial score (nSPS) is 12.0. The molecule has 0 bridgehead atoms. The van der Waals surface area contributed by atoms with Gasteiger partial charge in [-0.05, 0) is 60.2 Å². The largest absolute Gasteiger partial charge is 0.465 e. The summed E-state index contributed by atoms with van der Waals surface area (Å²) in [5, 5.41) is 0. The number of aryl methyl sites for hydroxylation is 2. The zero-order chi connectivity index (χ0) is 21.1. The molecule has 2 heteroatoms. The van der Waals surface area contributed by atoms with Crippen LogP contribution in [-0.2, 0) is 9.53 Å². The number of rotatable bonds is 5. The van der Waals surface area contributed by atoms with Crippen LogP contribution in [-0.4, -0.2) is 12.6 Å². The number of carbonyl (C=O) groups excluding carboxylic acids is 1. The van der Waals surface area contributed by atoms with Crippen molar-refractivity contribution in [2.24, 2.45) is 0 Å². The summed E-state index contributed by atoms with van der Waals surface area (Å²) in [5.74, 6) is -0.675. The highest BCUT2D eigenvalue weighted by atomic mass is 16.5. The van der Waals surface area contributed by atoms with Crippen LogP contribution in [0.25, 0.3) is 22.3 Å². The third-order valence-electron chi connectivity index (χ3n) is 5.51. The second-order valence-corrected chi connectivity index (χ2v) is 7.72. The smallest absolute Gasteiger partial charge is 0.317 e. The summed E-state index contributed by atoms with van der Waals surface area (Å²) < 4.78 is 5.52. The van der Waals surface area contributed by atoms with E-state index >= 15 is 0 Å². The number of esters is 1. The van der Waals surface area contributed by atoms with Crippen molar-refractivity contribution in [1.29, 1.82) is 0 Å². The minimum absolute atomic E-state index is 0.211. The fourth-order valence-corrected chi connectivity index (χ4v) is 4.07. The quantitative estimate of drug-likeness (QED) is 0.349. The van der Waals surface area contributed by atoms with Crippen molar-refractivity contribution in [2.75, 3.05) is 6.61 Å². The number of carbonyl (C=O) groups is 1. The minimum atomic E-state index is -0.464. The molecule has 2 aliphatic rings. The van der Waals surface area contributed by atoms with Gasteiger partial charge in [-0.25, -0.2) is 0 Å². The molecule has 0 N–H and O–H groups in total. The topological polar surface area (TPSA) is 26.3 Å². The molecule has 0 heterocycles. The van der Waals surface area contributed by atoms with Crippen LogP contribution in [0.1, 0.15) is 35.1 Å². The lowest BCUT2D eigenvalue weighted by molar-refractivity contribution is -0.143. The molecule has 0 aliphatic heterocycles. The second-order valence-electron chi connectivity index (χ2n) is 7.72. The van der Waals surface area contributed by atoms with Gasteiger partial charge >= 0.3 is 5.97 Å². The van der Waals surface area contributed by atoms with E-state index in [1.54, 1.807) is 0 Å². The SMILES string of the molecule is CCOC(=O)C(c1cccc(C)c1)c1cc(-c2ccc(C)cc2)c2cccccc1-2. The van der Waals surface area contributed by atoms with Gasteiger partial charge in [0.05, 0.1) is 6.61 Å². The average molecular weight is 395 g/mol. The first-order valence-electron chi connectivity index (χ1n) is 10.4. The molecule has 2 aliphatic carbocycles. The Kier molecular flexibility index (Phi) is 5.67. The van der Waals surface area contributed by atoms with Gasteiger partial charge in [-0.3, -0.25) is 4.79 Å². The third-order valence-corrected chi connectivity index (χ3v) is 5.51. The van der Waals surface area contributed by atoms with Gasteiger partial charge in [-0.1, -0.05) is 90.0 Å². The van der Waals surface area contributed by atoms with Crippen LogP contribution in [0.2, 0.25) is 0 Å². The molecule has 0 aromatic heterocycles. The van der Waals surface area contributed by atoms with Gasteiger partial charge in [-0.15, -0.1) is 0 Å². The Bertz CT molecular complexity index is 1140. The predicted molar refractivity (Wildman–Crippen MR) is 123 cm³/mol. The van der Waals surface area contributed by atoms with Crippen LogP contribution in [0.4, 0.5) is 0 Å². The Labute approximate surface area is 178 Å². The zero-order valence-corrected chi connectivity index (χ0v) is 17.7. The minimum Gasteiger partial charge on any atom is -0.465 e. The molecule has 0 radical (unpaired) electrons. The highest BCUT2D eigenvalue weighted by Crippen LogP contribution is 2.43. The third kappa shape index (κ3) is 3.86. The monoisotopic (exact) mass is 394 g/mol. The van der Waals surface area contributed by atoms with E-state index in [9.17, 15) is 4.79 Å². The van der Waals surface area contributed by atoms with Crippen molar-refractivity contribution >= 4 is 5.97 Å². The van der Waals surface area contributed by atoms with Gasteiger partial charge in [0, 0.05) is 0 Å². The number of benzene rings is 2. The van der Waals surface area contributed by atoms with Crippen molar-refractivity contribution in [1.82, 2.24) is 0 Å². The molecule has 2 aromatic rings. The zero-order valence-electron chi connectivity index (χ0n) is 17.7. The second kappa shape index (κ2) is 8.54. The molecule has 30 heavy (non-hydrogen) atoms. The first kappa shape index (κ1) is 19.9. The molecule has 0 amide bonds. The van der Waals surface area contributed by atoms with E-state index < -0.39 is 5.92 Å². The van der Waals surface area contributed by atoms with E-state index in [4.69, 9.17) is 4.74 Å². The van der Waals surface area contributed by atoms with Gasteiger partial charge in [0.25, 0.3) is 0 Å². The van der Waals surface area contributed by atoms with Crippen molar-refractivity contribution in [3.05, 3.63) is 107 Å². The first-order valence-corrected chi connectivity index (χ1v) is 10.4. The summed E-state index contributed by atoms with van der Waals surface area (Å²) in [6.45, 7) is 6.35. The maximum atomic E-state index is 13.1. The number of hydrogen-bond acceptors (Lipinski definition) is 2. The Morgan fingerprint density at radius 3 is 2.20 bits per heavy atom. The Morgan fingerprint density at radius 2 is 1.50 bits per heavy atom. The van der Waals surface area contributed by atoms with Gasteiger partial charge in [0.1, 0.15) is 5.92 Å². The molecule has 1 unspecified atom stereocenters. The molecule has 4 rings (SSSR count). The molecule has 2 nitrogen and oxygen atoms in total. The fraction of sp³-hybridized carbons (Fsp3) is 0.179. The average Bonchev–Trinajstić information content (AvgIpc) is 2.91. The van der Waals surface area contributed by atoms with Gasteiger partial charge < -0.3 is 4.74 Å². The maximum absolute atomic E-state index is 13.1. The van der Waals surface area contributed by atoms with E-state index in [0.29, 0.717) is 6.61 Å². The fourth-order valence-electron chi connectivity index (χ4n) is 4.07. The van der Waals surface area contributed by atoms with Crippen LogP contribution in [0, 0.1) is 13.8 Å². The molecular formula is C28H26O2. The van der Waals surface area contributed by atoms with E-state index in [1.165, 1.54) is 5.56 Å². The Morgan fingerprint density at radius 1 is 0.767 bits per heavy atom. The number of fused-ring (bicyclic) bond motifs is 1. The van der Waals surface area contributed by atoms with Crippen molar-refractivity contribution in [2.45, 2.75) is 26.7 Å². The maximum Gasteiger partial charge on any atom is 0.317 e. The highest BCUT2D eigenvalue weighted by molar-refractivity contribution is 5.94. The van der Waals surface area contributed by atoms with E-state index in [2.05, 4.69) is 61.5 Å². The van der Waals surface area contributed by atoms with E-state index in [1.807, 2.05) is 44.2 Å². The van der Waals surface area contributed by atoms with Gasteiger partial charge in [0.15, 0.2) is 0 Å². The molecule has 0 saturated heterocycles. The summed E-state index contributed by atoms with van der Waals surface area (Å²) >= 11 is 0. The number of ether oxygens (including phenoxy) is 1. The van der Waals surface area contributed by atoms with Crippen LogP contribution < -0.4 is 0 Å². The van der Waals surface area contributed by atoms with Crippen molar-refractivity contribution in [3.8, 4) is 22.3 Å². The van der Waals surface area contributed by atoms with Crippen LogP contribution >= 0.6 is 0 Å². The molecule has 0 fully saturated rings. The van der Waals surface area contributed by atoms with Gasteiger partial charge in [0.2, 0.25) is 0 Å². The Hall–Kier alpha value is -3.39. The van der Waals surface area contributed by atoms with Gasteiger partial charge in [-0.2, -0.15) is 0 Å². The van der Waals surface area contributed by atoms with E-state index in [0.717, 1.165) is 38.9 Å².